The third-order valence-corrected chi connectivity index (χ3v) is 3.07. The van der Waals surface area contributed by atoms with E-state index in [0.717, 1.165) is 5.56 Å². The number of hydrogen-bond acceptors (Lipinski definition) is 3. The fourth-order valence-electron chi connectivity index (χ4n) is 1.80. The van der Waals surface area contributed by atoms with Gasteiger partial charge in [0.15, 0.2) is 0 Å². The summed E-state index contributed by atoms with van der Waals surface area (Å²) in [6.07, 6.45) is 0.478. The highest BCUT2D eigenvalue weighted by atomic mass is 32.1. The quantitative estimate of drug-likeness (QED) is 0.812. The number of thiocarbonyl (C=S) groups is 1. The van der Waals surface area contributed by atoms with Gasteiger partial charge in [0, 0.05) is 19.0 Å². The molecule has 0 aliphatic carbocycles. The third kappa shape index (κ3) is 4.21. The van der Waals surface area contributed by atoms with Crippen LogP contribution in [-0.2, 0) is 0 Å². The lowest BCUT2D eigenvalue weighted by molar-refractivity contribution is 0.0708. The van der Waals surface area contributed by atoms with Crippen molar-refractivity contribution in [1.29, 1.82) is 0 Å². The minimum atomic E-state index is -0.201. The van der Waals surface area contributed by atoms with Gasteiger partial charge in [-0.25, -0.2) is 0 Å². The Kier molecular flexibility index (Phi) is 5.30. The summed E-state index contributed by atoms with van der Waals surface area (Å²) < 4.78 is 0. The minimum absolute atomic E-state index is 0.00317. The molecule has 0 atom stereocenters. The molecular weight excluding hydrogens is 260 g/mol. The molecule has 0 fully saturated rings. The molecule has 0 radical (unpaired) electrons. The molecule has 3 N–H and O–H groups in total. The number of amides is 1. The highest BCUT2D eigenvalue weighted by molar-refractivity contribution is 7.80. The molecule has 0 unspecified atom stereocenters. The fourth-order valence-corrected chi connectivity index (χ4v) is 1.89. The van der Waals surface area contributed by atoms with Crippen LogP contribution < -0.4 is 5.73 Å². The second-order valence-corrected chi connectivity index (χ2v) is 5.35. The van der Waals surface area contributed by atoms with E-state index >= 15 is 0 Å². The summed E-state index contributed by atoms with van der Waals surface area (Å²) >= 11 is 4.84. The summed E-state index contributed by atoms with van der Waals surface area (Å²) in [5, 5.41) is 9.82. The second-order valence-electron chi connectivity index (χ2n) is 4.83. The minimum Gasteiger partial charge on any atom is -0.507 e. The number of nitrogens with zero attached hydrogens (tertiary/aromatic N) is 1. The molecule has 0 saturated heterocycles. The molecule has 1 rings (SSSR count). The van der Waals surface area contributed by atoms with Crippen molar-refractivity contribution in [2.75, 3.05) is 6.54 Å². The number of hydrogen-bond donors (Lipinski definition) is 2. The Bertz CT molecular complexity index is 486. The molecule has 0 aromatic heterocycles. The van der Waals surface area contributed by atoms with Crippen LogP contribution >= 0.6 is 12.2 Å². The van der Waals surface area contributed by atoms with Crippen LogP contribution in [0.25, 0.3) is 0 Å². The van der Waals surface area contributed by atoms with E-state index in [1.54, 1.807) is 17.0 Å². The SMILES string of the molecule is Cc1ccc(O)c(C(=O)N(CCC(N)=S)C(C)C)c1. The maximum atomic E-state index is 12.5. The first kappa shape index (κ1) is 15.4. The molecular formula is C14H20N2O2S. The zero-order valence-electron chi connectivity index (χ0n) is 11.5. The lowest BCUT2D eigenvalue weighted by Gasteiger charge is -2.27. The van der Waals surface area contributed by atoms with Crippen molar-refractivity contribution in [2.24, 2.45) is 5.73 Å². The average molecular weight is 280 g/mol. The van der Waals surface area contributed by atoms with Crippen molar-refractivity contribution < 1.29 is 9.90 Å². The zero-order chi connectivity index (χ0) is 14.6. The maximum Gasteiger partial charge on any atom is 0.257 e. The Labute approximate surface area is 119 Å². The van der Waals surface area contributed by atoms with Gasteiger partial charge in [0.1, 0.15) is 5.75 Å². The predicted octanol–water partition coefficient (Wildman–Crippen LogP) is 2.23. The van der Waals surface area contributed by atoms with Crippen LogP contribution in [0, 0.1) is 6.92 Å². The average Bonchev–Trinajstić information content (AvgIpc) is 2.31. The first-order valence-electron chi connectivity index (χ1n) is 6.21. The first-order chi connectivity index (χ1) is 8.82. The van der Waals surface area contributed by atoms with E-state index in [-0.39, 0.29) is 17.7 Å². The van der Waals surface area contributed by atoms with Gasteiger partial charge in [-0.1, -0.05) is 23.8 Å². The fraction of sp³-hybridized carbons (Fsp3) is 0.429. The number of benzene rings is 1. The topological polar surface area (TPSA) is 66.6 Å². The van der Waals surface area contributed by atoms with Crippen LogP contribution in [0.2, 0.25) is 0 Å². The molecule has 0 spiro atoms. The van der Waals surface area contributed by atoms with Gasteiger partial charge < -0.3 is 15.7 Å². The molecule has 4 nitrogen and oxygen atoms in total. The number of nitrogens with two attached hydrogens (primary N) is 1. The van der Waals surface area contributed by atoms with Crippen LogP contribution in [0.15, 0.2) is 18.2 Å². The number of carbonyl (C=O) groups is 1. The standard InChI is InChI=1S/C14H20N2O2S/c1-9(2)16(7-6-13(15)19)14(18)11-8-10(3)4-5-12(11)17/h4-5,8-9,17H,6-7H2,1-3H3,(H2,15,19). The second kappa shape index (κ2) is 6.52. The van der Waals surface area contributed by atoms with Gasteiger partial charge in [-0.3, -0.25) is 4.79 Å². The maximum absolute atomic E-state index is 12.5. The monoisotopic (exact) mass is 280 g/mol. The summed E-state index contributed by atoms with van der Waals surface area (Å²) in [7, 11) is 0. The highest BCUT2D eigenvalue weighted by Crippen LogP contribution is 2.21. The summed E-state index contributed by atoms with van der Waals surface area (Å²) in [4.78, 5) is 14.5. The Morgan fingerprint density at radius 1 is 1.47 bits per heavy atom. The van der Waals surface area contributed by atoms with Crippen LogP contribution in [0.3, 0.4) is 0 Å². The molecule has 0 saturated carbocycles. The third-order valence-electron chi connectivity index (χ3n) is 2.87. The van der Waals surface area contributed by atoms with Gasteiger partial charge in [-0.15, -0.1) is 0 Å². The van der Waals surface area contributed by atoms with E-state index in [1.165, 1.54) is 6.07 Å². The Hall–Kier alpha value is -1.62. The van der Waals surface area contributed by atoms with Crippen LogP contribution in [0.4, 0.5) is 0 Å². The smallest absolute Gasteiger partial charge is 0.257 e. The summed E-state index contributed by atoms with van der Waals surface area (Å²) in [6.45, 7) is 6.18. The van der Waals surface area contributed by atoms with E-state index in [9.17, 15) is 9.90 Å². The van der Waals surface area contributed by atoms with Gasteiger partial charge in [0.05, 0.1) is 10.6 Å². The van der Waals surface area contributed by atoms with Crippen molar-refractivity contribution in [2.45, 2.75) is 33.2 Å². The van der Waals surface area contributed by atoms with Crippen molar-refractivity contribution >= 4 is 23.1 Å². The van der Waals surface area contributed by atoms with Gasteiger partial charge in [-0.2, -0.15) is 0 Å². The van der Waals surface area contributed by atoms with Gasteiger partial charge >= 0.3 is 0 Å². The summed E-state index contributed by atoms with van der Waals surface area (Å²) in [6, 6.07) is 5.00. The first-order valence-corrected chi connectivity index (χ1v) is 6.62. The van der Waals surface area contributed by atoms with Crippen molar-refractivity contribution in [3.8, 4) is 5.75 Å². The van der Waals surface area contributed by atoms with Gasteiger partial charge in [0.25, 0.3) is 5.91 Å². The number of carbonyl (C=O) groups excluding carboxylic acids is 1. The van der Waals surface area contributed by atoms with Gasteiger partial charge in [0.2, 0.25) is 0 Å². The Morgan fingerprint density at radius 2 is 2.11 bits per heavy atom. The number of rotatable bonds is 5. The van der Waals surface area contributed by atoms with Crippen LogP contribution in [0.5, 0.6) is 5.75 Å². The van der Waals surface area contributed by atoms with E-state index in [4.69, 9.17) is 18.0 Å². The van der Waals surface area contributed by atoms with E-state index < -0.39 is 0 Å². The zero-order valence-corrected chi connectivity index (χ0v) is 12.3. The molecule has 0 aliphatic heterocycles. The predicted molar refractivity (Wildman–Crippen MR) is 80.4 cm³/mol. The molecule has 1 amide bonds. The largest absolute Gasteiger partial charge is 0.507 e. The molecule has 0 bridgehead atoms. The molecule has 0 heterocycles. The molecule has 1 aromatic carbocycles. The van der Waals surface area contributed by atoms with E-state index in [0.29, 0.717) is 23.5 Å². The molecule has 0 aliphatic rings. The highest BCUT2D eigenvalue weighted by Gasteiger charge is 2.21. The van der Waals surface area contributed by atoms with Crippen molar-refractivity contribution in [1.82, 2.24) is 4.90 Å². The molecule has 104 valence electrons. The Balaban J connectivity index is 2.99. The normalized spacial score (nSPS) is 10.5. The Morgan fingerprint density at radius 3 is 2.63 bits per heavy atom. The number of aryl methyl sites for hydroxylation is 1. The lowest BCUT2D eigenvalue weighted by Crippen LogP contribution is -2.39. The number of aromatic hydroxyl groups is 1. The molecule has 1 aromatic rings. The van der Waals surface area contributed by atoms with E-state index in [2.05, 4.69) is 0 Å². The number of phenols is 1. The molecule has 19 heavy (non-hydrogen) atoms. The summed E-state index contributed by atoms with van der Waals surface area (Å²) in [5.41, 5.74) is 6.72. The van der Waals surface area contributed by atoms with Crippen LogP contribution in [0.1, 0.15) is 36.2 Å². The summed E-state index contributed by atoms with van der Waals surface area (Å²) in [5.74, 6) is -0.205. The van der Waals surface area contributed by atoms with Crippen molar-refractivity contribution in [3.05, 3.63) is 29.3 Å². The van der Waals surface area contributed by atoms with Crippen molar-refractivity contribution in [3.63, 3.8) is 0 Å². The van der Waals surface area contributed by atoms with E-state index in [1.807, 2.05) is 20.8 Å². The molecule has 5 heteroatoms. The lowest BCUT2D eigenvalue weighted by atomic mass is 10.1. The number of phenolic OH excluding ortho intramolecular Hbond substituents is 1. The van der Waals surface area contributed by atoms with Crippen LogP contribution in [-0.4, -0.2) is 33.5 Å². The van der Waals surface area contributed by atoms with Gasteiger partial charge in [-0.05, 0) is 32.9 Å².